The molecule has 0 saturated heterocycles. The van der Waals surface area contributed by atoms with Crippen LogP contribution in [0.3, 0.4) is 0 Å². The van der Waals surface area contributed by atoms with Gasteiger partial charge < -0.3 is 10.2 Å². The summed E-state index contributed by atoms with van der Waals surface area (Å²) in [6, 6.07) is 11.2. The average molecular weight is 380 g/mol. The van der Waals surface area contributed by atoms with Gasteiger partial charge in [-0.2, -0.15) is 0 Å². The molecule has 0 fully saturated rings. The Hall–Kier alpha value is -2.73. The fourth-order valence-electron chi connectivity index (χ4n) is 3.27. The number of anilines is 3. The van der Waals surface area contributed by atoms with Gasteiger partial charge in [0, 0.05) is 18.7 Å². The van der Waals surface area contributed by atoms with Crippen LogP contribution >= 0.6 is 0 Å². The predicted molar refractivity (Wildman–Crippen MR) is 112 cm³/mol. The highest BCUT2D eigenvalue weighted by Gasteiger charge is 2.29. The lowest BCUT2D eigenvalue weighted by molar-refractivity contribution is -0.118. The number of nitrogens with one attached hydrogen (secondary N) is 1. The van der Waals surface area contributed by atoms with E-state index in [1.54, 1.807) is 41.4 Å². The molecule has 0 atom stereocenters. The van der Waals surface area contributed by atoms with E-state index in [2.05, 4.69) is 36.1 Å². The fourth-order valence-corrected chi connectivity index (χ4v) is 3.27. The molecule has 3 rings (SSSR count). The van der Waals surface area contributed by atoms with Crippen molar-refractivity contribution in [3.05, 3.63) is 48.2 Å². The van der Waals surface area contributed by atoms with Crippen LogP contribution in [0.2, 0.25) is 0 Å². The highest BCUT2D eigenvalue weighted by atomic mass is 16.2. The molecule has 2 amide bonds. The van der Waals surface area contributed by atoms with Crippen LogP contribution in [0.25, 0.3) is 0 Å². The van der Waals surface area contributed by atoms with Gasteiger partial charge in [-0.15, -0.1) is 0 Å². The van der Waals surface area contributed by atoms with Crippen molar-refractivity contribution in [1.82, 2.24) is 9.88 Å². The van der Waals surface area contributed by atoms with Gasteiger partial charge in [-0.25, -0.2) is 4.98 Å². The molecule has 2 aromatic rings. The van der Waals surface area contributed by atoms with Gasteiger partial charge in [0.2, 0.25) is 5.91 Å². The summed E-state index contributed by atoms with van der Waals surface area (Å²) < 4.78 is 0. The summed E-state index contributed by atoms with van der Waals surface area (Å²) >= 11 is 0. The second-order valence-electron chi connectivity index (χ2n) is 7.46. The number of pyridine rings is 1. The number of unbranched alkanes of at least 4 members (excludes halogenated alkanes) is 2. The van der Waals surface area contributed by atoms with E-state index in [0.29, 0.717) is 35.2 Å². The number of fused-ring (bicyclic) bond motifs is 2. The van der Waals surface area contributed by atoms with Crippen LogP contribution in [0.1, 0.15) is 49.9 Å². The number of para-hydroxylation sites is 1. The molecule has 28 heavy (non-hydrogen) atoms. The number of hydrogen-bond acceptors (Lipinski definition) is 4. The molecule has 6 nitrogen and oxygen atoms in total. The number of nitrogens with zero attached hydrogens (tertiary/aromatic N) is 3. The Labute approximate surface area is 166 Å². The van der Waals surface area contributed by atoms with E-state index in [9.17, 15) is 9.59 Å². The number of aromatic nitrogens is 1. The molecule has 1 aliphatic heterocycles. The molecular formula is C22H28N4O2. The number of amides is 2. The first kappa shape index (κ1) is 20.0. The van der Waals surface area contributed by atoms with Crippen LogP contribution in [0.15, 0.2) is 42.6 Å². The molecule has 0 unspecified atom stereocenters. The minimum atomic E-state index is -0.225. The monoisotopic (exact) mass is 380 g/mol. The second kappa shape index (κ2) is 8.97. The van der Waals surface area contributed by atoms with Crippen molar-refractivity contribution in [2.24, 2.45) is 0 Å². The van der Waals surface area contributed by atoms with Gasteiger partial charge in [-0.1, -0.05) is 18.6 Å². The standard InChI is InChI=1S/C22H28N4O2/c1-16(2)25(3)15-8-4-5-13-20(27)26-19-12-7-6-10-17(19)22(28)24-18-11-9-14-23-21(18)26/h6-7,9-12,14,16H,4-5,8,13,15H2,1-3H3,(H,24,28). The van der Waals surface area contributed by atoms with Gasteiger partial charge in [0.1, 0.15) is 0 Å². The highest BCUT2D eigenvalue weighted by Crippen LogP contribution is 2.36. The largest absolute Gasteiger partial charge is 0.319 e. The van der Waals surface area contributed by atoms with Crippen molar-refractivity contribution in [2.45, 2.75) is 45.6 Å². The smallest absolute Gasteiger partial charge is 0.257 e. The minimum Gasteiger partial charge on any atom is -0.319 e. The average Bonchev–Trinajstić information content (AvgIpc) is 2.81. The topological polar surface area (TPSA) is 65.5 Å². The van der Waals surface area contributed by atoms with Crippen molar-refractivity contribution in [2.75, 3.05) is 23.8 Å². The second-order valence-corrected chi connectivity index (χ2v) is 7.46. The van der Waals surface area contributed by atoms with Crippen molar-refractivity contribution < 1.29 is 9.59 Å². The maximum absolute atomic E-state index is 13.1. The highest BCUT2D eigenvalue weighted by molar-refractivity contribution is 6.17. The van der Waals surface area contributed by atoms with Gasteiger partial charge in [0.15, 0.2) is 5.82 Å². The van der Waals surface area contributed by atoms with E-state index in [4.69, 9.17) is 0 Å². The Morgan fingerprint density at radius 3 is 2.71 bits per heavy atom. The van der Waals surface area contributed by atoms with Crippen molar-refractivity contribution >= 4 is 29.0 Å². The summed E-state index contributed by atoms with van der Waals surface area (Å²) in [5.74, 6) is 0.211. The van der Waals surface area contributed by atoms with E-state index < -0.39 is 0 Å². The third-order valence-corrected chi connectivity index (χ3v) is 5.17. The lowest BCUT2D eigenvalue weighted by Crippen LogP contribution is -2.28. The number of carbonyl (C=O) groups excluding carboxylic acids is 2. The van der Waals surface area contributed by atoms with Crippen molar-refractivity contribution in [3.63, 3.8) is 0 Å². The van der Waals surface area contributed by atoms with Crippen LogP contribution in [-0.2, 0) is 4.79 Å². The molecule has 1 aliphatic rings. The van der Waals surface area contributed by atoms with Gasteiger partial charge in [0.05, 0.1) is 16.9 Å². The first-order valence-electron chi connectivity index (χ1n) is 9.87. The van der Waals surface area contributed by atoms with Gasteiger partial charge in [-0.05, 0) is 64.5 Å². The Morgan fingerprint density at radius 2 is 1.93 bits per heavy atom. The Bertz CT molecular complexity index is 850. The zero-order valence-corrected chi connectivity index (χ0v) is 16.8. The van der Waals surface area contributed by atoms with Crippen LogP contribution < -0.4 is 10.2 Å². The van der Waals surface area contributed by atoms with Crippen molar-refractivity contribution in [3.8, 4) is 0 Å². The number of carbonyl (C=O) groups is 2. The Kier molecular flexibility index (Phi) is 6.41. The number of hydrogen-bond donors (Lipinski definition) is 1. The predicted octanol–water partition coefficient (Wildman–Crippen LogP) is 4.21. The number of benzene rings is 1. The fraction of sp³-hybridized carbons (Fsp3) is 0.409. The molecule has 6 heteroatoms. The maximum atomic E-state index is 13.1. The molecule has 1 aromatic carbocycles. The lowest BCUT2D eigenvalue weighted by atomic mass is 10.1. The molecule has 0 spiro atoms. The molecule has 0 bridgehead atoms. The summed E-state index contributed by atoms with van der Waals surface area (Å²) in [4.78, 5) is 34.0. The van der Waals surface area contributed by atoms with Crippen LogP contribution in [0.4, 0.5) is 17.2 Å². The third-order valence-electron chi connectivity index (χ3n) is 5.17. The van der Waals surface area contributed by atoms with Crippen molar-refractivity contribution in [1.29, 1.82) is 0 Å². The van der Waals surface area contributed by atoms with Crippen LogP contribution in [0, 0.1) is 0 Å². The third kappa shape index (κ3) is 4.39. The molecule has 0 saturated carbocycles. The van der Waals surface area contributed by atoms with Gasteiger partial charge in [-0.3, -0.25) is 14.5 Å². The molecular weight excluding hydrogens is 352 g/mol. The van der Waals surface area contributed by atoms with E-state index in [0.717, 1.165) is 25.8 Å². The first-order valence-corrected chi connectivity index (χ1v) is 9.87. The molecule has 148 valence electrons. The van der Waals surface area contributed by atoms with Gasteiger partial charge in [0.25, 0.3) is 5.91 Å². The Morgan fingerprint density at radius 1 is 1.14 bits per heavy atom. The zero-order chi connectivity index (χ0) is 20.1. The summed E-state index contributed by atoms with van der Waals surface area (Å²) in [5.41, 5.74) is 1.62. The molecule has 1 aromatic heterocycles. The summed E-state index contributed by atoms with van der Waals surface area (Å²) in [6.45, 7) is 5.39. The molecule has 1 N–H and O–H groups in total. The lowest BCUT2D eigenvalue weighted by Gasteiger charge is -2.23. The normalized spacial score (nSPS) is 13.2. The van der Waals surface area contributed by atoms with E-state index >= 15 is 0 Å². The van der Waals surface area contributed by atoms with E-state index in [1.807, 2.05) is 6.07 Å². The first-order chi connectivity index (χ1) is 13.5. The summed E-state index contributed by atoms with van der Waals surface area (Å²) in [7, 11) is 2.12. The Balaban J connectivity index is 1.74. The maximum Gasteiger partial charge on any atom is 0.257 e. The van der Waals surface area contributed by atoms with Crippen LogP contribution in [0.5, 0.6) is 0 Å². The van der Waals surface area contributed by atoms with Gasteiger partial charge >= 0.3 is 0 Å². The van der Waals surface area contributed by atoms with Crippen LogP contribution in [-0.4, -0.2) is 41.3 Å². The van der Waals surface area contributed by atoms with E-state index in [-0.39, 0.29) is 11.8 Å². The zero-order valence-electron chi connectivity index (χ0n) is 16.8. The summed E-state index contributed by atoms with van der Waals surface area (Å²) in [6.07, 6.45) is 4.93. The SMILES string of the molecule is CC(C)N(C)CCCCCC(=O)N1c2ccccc2C(=O)Nc2cccnc21. The quantitative estimate of drug-likeness (QED) is 0.731. The minimum absolute atomic E-state index is 0.0406. The van der Waals surface area contributed by atoms with E-state index in [1.165, 1.54) is 0 Å². The summed E-state index contributed by atoms with van der Waals surface area (Å²) in [5, 5.41) is 2.86. The molecule has 0 aliphatic carbocycles. The number of rotatable bonds is 7. The molecule has 0 radical (unpaired) electrons. The molecule has 2 heterocycles.